The maximum Gasteiger partial charge on any atom is 0.236 e. The number of hydrogen-bond acceptors (Lipinski definition) is 3. The van der Waals surface area contributed by atoms with Gasteiger partial charge in [0.25, 0.3) is 0 Å². The number of aromatic hydroxyl groups is 1. The first-order valence-corrected chi connectivity index (χ1v) is 6.65. The quantitative estimate of drug-likeness (QED) is 0.854. The molecule has 0 aliphatic heterocycles. The molecule has 1 rings (SSSR count). The summed E-state index contributed by atoms with van der Waals surface area (Å²) in [5.41, 5.74) is 1.74. The van der Waals surface area contributed by atoms with Crippen molar-refractivity contribution in [2.75, 3.05) is 27.2 Å². The molecule has 4 heteroatoms. The number of carbonyl (C=O) groups is 1. The Morgan fingerprint density at radius 3 is 2.58 bits per heavy atom. The van der Waals surface area contributed by atoms with E-state index in [9.17, 15) is 9.90 Å². The van der Waals surface area contributed by atoms with Crippen molar-refractivity contribution in [1.29, 1.82) is 0 Å². The second kappa shape index (κ2) is 7.14. The Hall–Kier alpha value is -1.55. The third-order valence-corrected chi connectivity index (χ3v) is 3.11. The summed E-state index contributed by atoms with van der Waals surface area (Å²) in [6.45, 7) is 5.79. The monoisotopic (exact) mass is 264 g/mol. The van der Waals surface area contributed by atoms with Crippen LogP contribution in [-0.2, 0) is 11.3 Å². The average molecular weight is 264 g/mol. The molecule has 1 aromatic carbocycles. The average Bonchev–Trinajstić information content (AvgIpc) is 2.35. The molecule has 0 saturated heterocycles. The van der Waals surface area contributed by atoms with Gasteiger partial charge in [-0.05, 0) is 25.5 Å². The molecule has 0 bridgehead atoms. The molecule has 4 nitrogen and oxygen atoms in total. The Kier molecular flexibility index (Phi) is 5.83. The minimum atomic E-state index is 0.0839. The van der Waals surface area contributed by atoms with E-state index in [1.54, 1.807) is 19.0 Å². The molecule has 1 N–H and O–H groups in total. The number of aryl methyl sites for hydroxylation is 1. The number of para-hydroxylation sites is 1. The van der Waals surface area contributed by atoms with Crippen LogP contribution in [0.2, 0.25) is 0 Å². The fourth-order valence-electron chi connectivity index (χ4n) is 1.95. The summed E-state index contributed by atoms with van der Waals surface area (Å²) in [5, 5.41) is 10.0. The number of hydrogen-bond donors (Lipinski definition) is 1. The fourth-order valence-corrected chi connectivity index (χ4v) is 1.95. The molecule has 0 spiro atoms. The molecule has 0 aliphatic rings. The highest BCUT2D eigenvalue weighted by Gasteiger charge is 2.14. The zero-order valence-electron chi connectivity index (χ0n) is 12.3. The highest BCUT2D eigenvalue weighted by atomic mass is 16.3. The first-order chi connectivity index (χ1) is 8.95. The third kappa shape index (κ3) is 4.56. The maximum absolute atomic E-state index is 11.8. The van der Waals surface area contributed by atoms with Crippen LogP contribution in [0.25, 0.3) is 0 Å². The summed E-state index contributed by atoms with van der Waals surface area (Å²) < 4.78 is 0. The second-order valence-corrected chi connectivity index (χ2v) is 5.08. The van der Waals surface area contributed by atoms with Crippen LogP contribution in [0.4, 0.5) is 0 Å². The molecule has 106 valence electrons. The first kappa shape index (κ1) is 15.5. The van der Waals surface area contributed by atoms with Gasteiger partial charge in [-0.2, -0.15) is 0 Å². The van der Waals surface area contributed by atoms with E-state index >= 15 is 0 Å². The molecule has 0 unspecified atom stereocenters. The molecule has 19 heavy (non-hydrogen) atoms. The summed E-state index contributed by atoms with van der Waals surface area (Å²) in [6, 6.07) is 5.72. The lowest BCUT2D eigenvalue weighted by Gasteiger charge is -2.23. The van der Waals surface area contributed by atoms with Gasteiger partial charge < -0.3 is 10.0 Å². The smallest absolute Gasteiger partial charge is 0.236 e. The fraction of sp³-hybridized carbons (Fsp3) is 0.533. The first-order valence-electron chi connectivity index (χ1n) is 6.65. The van der Waals surface area contributed by atoms with E-state index in [4.69, 9.17) is 0 Å². The summed E-state index contributed by atoms with van der Waals surface area (Å²) >= 11 is 0. The van der Waals surface area contributed by atoms with Gasteiger partial charge in [-0.25, -0.2) is 0 Å². The van der Waals surface area contributed by atoms with Crippen molar-refractivity contribution in [3.8, 4) is 5.75 Å². The van der Waals surface area contributed by atoms with Crippen LogP contribution < -0.4 is 0 Å². The van der Waals surface area contributed by atoms with Gasteiger partial charge in [0.2, 0.25) is 5.91 Å². The lowest BCUT2D eigenvalue weighted by molar-refractivity contribution is -0.130. The molecule has 0 atom stereocenters. The number of phenolic OH excluding ortho intramolecular Hbond substituents is 1. The lowest BCUT2D eigenvalue weighted by atomic mass is 10.1. The third-order valence-electron chi connectivity index (χ3n) is 3.11. The van der Waals surface area contributed by atoms with Gasteiger partial charge in [-0.3, -0.25) is 9.69 Å². The highest BCUT2D eigenvalue weighted by molar-refractivity contribution is 5.77. The van der Waals surface area contributed by atoms with Gasteiger partial charge in [-0.15, -0.1) is 0 Å². The second-order valence-electron chi connectivity index (χ2n) is 5.08. The van der Waals surface area contributed by atoms with Crippen molar-refractivity contribution in [3.63, 3.8) is 0 Å². The van der Waals surface area contributed by atoms with Crippen LogP contribution in [0, 0.1) is 6.92 Å². The summed E-state index contributed by atoms with van der Waals surface area (Å²) in [4.78, 5) is 15.5. The van der Waals surface area contributed by atoms with Crippen molar-refractivity contribution < 1.29 is 9.90 Å². The Balaban J connectivity index is 2.78. The molecule has 0 radical (unpaired) electrons. The normalized spacial score (nSPS) is 10.8. The predicted octanol–water partition coefficient (Wildman–Crippen LogP) is 2.00. The van der Waals surface area contributed by atoms with E-state index in [1.165, 1.54) is 0 Å². The van der Waals surface area contributed by atoms with Gasteiger partial charge in [0, 0.05) is 26.2 Å². The Morgan fingerprint density at radius 2 is 2.00 bits per heavy atom. The maximum atomic E-state index is 11.8. The Bertz CT molecular complexity index is 430. The molecule has 0 aromatic heterocycles. The largest absolute Gasteiger partial charge is 0.507 e. The van der Waals surface area contributed by atoms with E-state index in [0.29, 0.717) is 18.8 Å². The number of rotatable bonds is 6. The predicted molar refractivity (Wildman–Crippen MR) is 77.1 cm³/mol. The molecule has 0 aliphatic carbocycles. The molecule has 0 heterocycles. The van der Waals surface area contributed by atoms with Crippen molar-refractivity contribution >= 4 is 5.91 Å². The van der Waals surface area contributed by atoms with Crippen molar-refractivity contribution in [2.45, 2.75) is 26.8 Å². The molecular formula is C15H24N2O2. The van der Waals surface area contributed by atoms with Crippen LogP contribution in [0.15, 0.2) is 18.2 Å². The molecular weight excluding hydrogens is 240 g/mol. The number of amides is 1. The summed E-state index contributed by atoms with van der Waals surface area (Å²) in [6.07, 6.45) is 0.979. The molecule has 1 amide bonds. The van der Waals surface area contributed by atoms with Gasteiger partial charge in [0.15, 0.2) is 0 Å². The number of nitrogens with zero attached hydrogens (tertiary/aromatic N) is 2. The van der Waals surface area contributed by atoms with E-state index in [1.807, 2.05) is 25.1 Å². The van der Waals surface area contributed by atoms with Gasteiger partial charge in [0.1, 0.15) is 5.75 Å². The van der Waals surface area contributed by atoms with Gasteiger partial charge in [-0.1, -0.05) is 25.1 Å². The van der Waals surface area contributed by atoms with Gasteiger partial charge in [0.05, 0.1) is 6.54 Å². The minimum Gasteiger partial charge on any atom is -0.507 e. The van der Waals surface area contributed by atoms with E-state index < -0.39 is 0 Å². The van der Waals surface area contributed by atoms with Crippen molar-refractivity contribution in [1.82, 2.24) is 9.80 Å². The topological polar surface area (TPSA) is 43.8 Å². The van der Waals surface area contributed by atoms with Crippen LogP contribution in [0.1, 0.15) is 24.5 Å². The van der Waals surface area contributed by atoms with E-state index in [0.717, 1.165) is 24.1 Å². The highest BCUT2D eigenvalue weighted by Crippen LogP contribution is 2.22. The molecule has 1 aromatic rings. The standard InChI is InChI=1S/C15H24N2O2/c1-5-9-17(11-14(18)16(3)4)10-13-8-6-7-12(2)15(13)19/h6-8,19H,5,9-11H2,1-4H3. The van der Waals surface area contributed by atoms with Crippen molar-refractivity contribution in [3.05, 3.63) is 29.3 Å². The zero-order valence-corrected chi connectivity index (χ0v) is 12.3. The molecule has 0 fully saturated rings. The number of likely N-dealkylation sites (N-methyl/N-ethyl adjacent to an activating group) is 1. The van der Waals surface area contributed by atoms with Crippen LogP contribution in [-0.4, -0.2) is 48.0 Å². The van der Waals surface area contributed by atoms with Gasteiger partial charge >= 0.3 is 0 Å². The number of benzene rings is 1. The van der Waals surface area contributed by atoms with Crippen molar-refractivity contribution in [2.24, 2.45) is 0 Å². The molecule has 0 saturated carbocycles. The Morgan fingerprint density at radius 1 is 1.32 bits per heavy atom. The minimum absolute atomic E-state index is 0.0839. The van der Waals surface area contributed by atoms with Crippen LogP contribution >= 0.6 is 0 Å². The van der Waals surface area contributed by atoms with E-state index in [-0.39, 0.29) is 5.91 Å². The zero-order chi connectivity index (χ0) is 14.4. The van der Waals surface area contributed by atoms with Crippen LogP contribution in [0.5, 0.6) is 5.75 Å². The lowest BCUT2D eigenvalue weighted by Crippen LogP contribution is -2.36. The number of carbonyl (C=O) groups excluding carboxylic acids is 1. The Labute approximate surface area is 115 Å². The number of phenols is 1. The summed E-state index contributed by atoms with van der Waals surface area (Å²) in [7, 11) is 3.52. The summed E-state index contributed by atoms with van der Waals surface area (Å²) in [5.74, 6) is 0.418. The SMILES string of the molecule is CCCN(CC(=O)N(C)C)Cc1cccc(C)c1O. The van der Waals surface area contributed by atoms with E-state index in [2.05, 4.69) is 11.8 Å². The van der Waals surface area contributed by atoms with Crippen LogP contribution in [0.3, 0.4) is 0 Å².